The lowest BCUT2D eigenvalue weighted by Crippen LogP contribution is -2.52. The van der Waals surface area contributed by atoms with E-state index in [1.807, 2.05) is 12.1 Å². The van der Waals surface area contributed by atoms with E-state index in [0.29, 0.717) is 17.9 Å². The number of piperidine rings is 1. The van der Waals surface area contributed by atoms with Gasteiger partial charge in [-0.15, -0.1) is 0 Å². The van der Waals surface area contributed by atoms with E-state index in [2.05, 4.69) is 22.3 Å². The fourth-order valence-electron chi connectivity index (χ4n) is 5.46. The van der Waals surface area contributed by atoms with E-state index in [0.717, 1.165) is 44.5 Å². The molecule has 3 N–H and O–H groups in total. The first-order chi connectivity index (χ1) is 13.1. The molecule has 3 fully saturated rings. The molecule has 0 aromatic heterocycles. The molecule has 0 spiro atoms. The lowest BCUT2D eigenvalue weighted by molar-refractivity contribution is -0.128. The summed E-state index contributed by atoms with van der Waals surface area (Å²) in [6.45, 7) is 1.90. The van der Waals surface area contributed by atoms with Gasteiger partial charge in [0.2, 0.25) is 5.91 Å². The predicted molar refractivity (Wildman–Crippen MR) is 108 cm³/mol. The summed E-state index contributed by atoms with van der Waals surface area (Å²) in [5, 5.41) is 3.37. The molecule has 27 heavy (non-hydrogen) atoms. The van der Waals surface area contributed by atoms with Crippen molar-refractivity contribution in [3.05, 3.63) is 24.3 Å². The van der Waals surface area contributed by atoms with Crippen molar-refractivity contribution in [1.82, 2.24) is 5.32 Å². The van der Waals surface area contributed by atoms with Gasteiger partial charge in [-0.3, -0.25) is 4.79 Å². The zero-order chi connectivity index (χ0) is 18.8. The first kappa shape index (κ1) is 18.6. The highest BCUT2D eigenvalue weighted by Gasteiger charge is 2.41. The van der Waals surface area contributed by atoms with Gasteiger partial charge in [0, 0.05) is 42.8 Å². The third-order valence-electron chi connectivity index (χ3n) is 6.97. The van der Waals surface area contributed by atoms with E-state index < -0.39 is 0 Å². The Labute approximate surface area is 162 Å². The summed E-state index contributed by atoms with van der Waals surface area (Å²) in [4.78, 5) is 15.3. The molecule has 0 radical (unpaired) electrons. The first-order valence-corrected chi connectivity index (χ1v) is 10.6. The summed E-state index contributed by atoms with van der Waals surface area (Å²) in [6, 6.07) is 8.75. The molecule has 1 heterocycles. The molecule has 1 aromatic carbocycles. The third kappa shape index (κ3) is 4.08. The number of amides is 1. The van der Waals surface area contributed by atoms with E-state index in [1.54, 1.807) is 7.11 Å². The standard InChI is InChI=1S/C22H33N3O2/c1-27-20-9-3-8-19(13-20)25-10-4-7-18(14-25)24-22(26)17-11-15-5-2-6-16(12-17)21(15)23/h3,8-9,13,15-18,21H,2,4-7,10-12,14,23H2,1H3,(H,24,26). The molecule has 5 heteroatoms. The Morgan fingerprint density at radius 3 is 2.70 bits per heavy atom. The fourth-order valence-corrected chi connectivity index (χ4v) is 5.46. The quantitative estimate of drug-likeness (QED) is 0.854. The van der Waals surface area contributed by atoms with E-state index in [1.165, 1.54) is 24.9 Å². The van der Waals surface area contributed by atoms with Gasteiger partial charge in [-0.2, -0.15) is 0 Å². The number of benzene rings is 1. The van der Waals surface area contributed by atoms with Crippen LogP contribution in [0.3, 0.4) is 0 Å². The van der Waals surface area contributed by atoms with E-state index in [4.69, 9.17) is 10.5 Å². The van der Waals surface area contributed by atoms with E-state index in [-0.39, 0.29) is 17.9 Å². The smallest absolute Gasteiger partial charge is 0.223 e. The van der Waals surface area contributed by atoms with Crippen LogP contribution < -0.4 is 20.7 Å². The molecule has 2 aliphatic carbocycles. The van der Waals surface area contributed by atoms with Crippen LogP contribution in [0.1, 0.15) is 44.9 Å². The van der Waals surface area contributed by atoms with Crippen molar-refractivity contribution in [2.24, 2.45) is 23.5 Å². The Kier molecular flexibility index (Phi) is 5.58. The lowest BCUT2D eigenvalue weighted by Gasteiger charge is -2.44. The molecule has 3 aliphatic rings. The fraction of sp³-hybridized carbons (Fsp3) is 0.682. The van der Waals surface area contributed by atoms with Crippen LogP contribution in [-0.4, -0.2) is 38.2 Å². The van der Waals surface area contributed by atoms with Gasteiger partial charge in [0.1, 0.15) is 5.75 Å². The molecule has 3 unspecified atom stereocenters. The zero-order valence-electron chi connectivity index (χ0n) is 16.4. The molecular formula is C22H33N3O2. The molecule has 3 atom stereocenters. The second-order valence-corrected chi connectivity index (χ2v) is 8.69. The Morgan fingerprint density at radius 1 is 1.19 bits per heavy atom. The number of methoxy groups -OCH3 is 1. The van der Waals surface area contributed by atoms with Gasteiger partial charge in [0.25, 0.3) is 0 Å². The van der Waals surface area contributed by atoms with Crippen LogP contribution in [0.2, 0.25) is 0 Å². The molecule has 1 saturated heterocycles. The Bertz CT molecular complexity index is 651. The maximum Gasteiger partial charge on any atom is 0.223 e. The van der Waals surface area contributed by atoms with Crippen molar-refractivity contribution in [2.75, 3.05) is 25.1 Å². The summed E-state index contributed by atoms with van der Waals surface area (Å²) < 4.78 is 5.35. The number of hydrogen-bond donors (Lipinski definition) is 2. The average Bonchev–Trinajstić information content (AvgIpc) is 2.68. The largest absolute Gasteiger partial charge is 0.497 e. The van der Waals surface area contributed by atoms with E-state index in [9.17, 15) is 4.79 Å². The number of fused-ring (bicyclic) bond motifs is 2. The highest BCUT2D eigenvalue weighted by atomic mass is 16.5. The minimum absolute atomic E-state index is 0.160. The van der Waals surface area contributed by atoms with Gasteiger partial charge in [-0.25, -0.2) is 0 Å². The van der Waals surface area contributed by atoms with Crippen molar-refractivity contribution >= 4 is 11.6 Å². The molecule has 1 amide bonds. The first-order valence-electron chi connectivity index (χ1n) is 10.6. The monoisotopic (exact) mass is 371 g/mol. The molecule has 1 aliphatic heterocycles. The summed E-state index contributed by atoms with van der Waals surface area (Å²) in [5.74, 6) is 2.40. The second kappa shape index (κ2) is 8.09. The molecule has 2 bridgehead atoms. The average molecular weight is 372 g/mol. The Hall–Kier alpha value is -1.75. The SMILES string of the molecule is COc1cccc(N2CCCC(NC(=O)C3CC4CCCC(C3)C4N)C2)c1. The Balaban J connectivity index is 1.35. The molecule has 2 saturated carbocycles. The summed E-state index contributed by atoms with van der Waals surface area (Å²) in [5.41, 5.74) is 7.56. The van der Waals surface area contributed by atoms with Crippen molar-refractivity contribution in [3.8, 4) is 5.75 Å². The third-order valence-corrected chi connectivity index (χ3v) is 6.97. The highest BCUT2D eigenvalue weighted by molar-refractivity contribution is 5.79. The van der Waals surface area contributed by atoms with Gasteiger partial charge >= 0.3 is 0 Å². The van der Waals surface area contributed by atoms with Crippen LogP contribution in [-0.2, 0) is 4.79 Å². The summed E-state index contributed by atoms with van der Waals surface area (Å²) >= 11 is 0. The topological polar surface area (TPSA) is 67.6 Å². The van der Waals surface area contributed by atoms with Gasteiger partial charge in [-0.1, -0.05) is 12.5 Å². The maximum atomic E-state index is 13.0. The predicted octanol–water partition coefficient (Wildman–Crippen LogP) is 2.93. The number of nitrogens with zero attached hydrogens (tertiary/aromatic N) is 1. The number of carbonyl (C=O) groups excluding carboxylic acids is 1. The molecule has 1 aromatic rings. The number of nitrogens with two attached hydrogens (primary N) is 1. The van der Waals surface area contributed by atoms with E-state index >= 15 is 0 Å². The molecular weight excluding hydrogens is 338 g/mol. The second-order valence-electron chi connectivity index (χ2n) is 8.69. The van der Waals surface area contributed by atoms with Crippen LogP contribution in [0.5, 0.6) is 5.75 Å². The molecule has 4 rings (SSSR count). The van der Waals surface area contributed by atoms with Crippen LogP contribution in [0, 0.1) is 17.8 Å². The summed E-state index contributed by atoms with van der Waals surface area (Å²) in [7, 11) is 1.70. The zero-order valence-corrected chi connectivity index (χ0v) is 16.4. The van der Waals surface area contributed by atoms with Gasteiger partial charge in [-0.05, 0) is 62.5 Å². The van der Waals surface area contributed by atoms with Crippen LogP contribution in [0.25, 0.3) is 0 Å². The van der Waals surface area contributed by atoms with Crippen LogP contribution >= 0.6 is 0 Å². The number of rotatable bonds is 4. The molecule has 148 valence electrons. The number of ether oxygens (including phenoxy) is 1. The number of hydrogen-bond acceptors (Lipinski definition) is 4. The number of carbonyl (C=O) groups is 1. The van der Waals surface area contributed by atoms with Crippen LogP contribution in [0.4, 0.5) is 5.69 Å². The molecule has 5 nitrogen and oxygen atoms in total. The number of anilines is 1. The minimum Gasteiger partial charge on any atom is -0.497 e. The highest BCUT2D eigenvalue weighted by Crippen LogP contribution is 2.42. The van der Waals surface area contributed by atoms with Gasteiger partial charge in [0.05, 0.1) is 7.11 Å². The lowest BCUT2D eigenvalue weighted by atomic mass is 9.65. The van der Waals surface area contributed by atoms with Crippen molar-refractivity contribution in [3.63, 3.8) is 0 Å². The Morgan fingerprint density at radius 2 is 1.96 bits per heavy atom. The summed E-state index contributed by atoms with van der Waals surface area (Å²) in [6.07, 6.45) is 7.82. The van der Waals surface area contributed by atoms with Gasteiger partial charge < -0.3 is 20.7 Å². The van der Waals surface area contributed by atoms with Gasteiger partial charge in [0.15, 0.2) is 0 Å². The maximum absolute atomic E-state index is 13.0. The van der Waals surface area contributed by atoms with Crippen molar-refractivity contribution < 1.29 is 9.53 Å². The normalized spacial score (nSPS) is 33.4. The van der Waals surface area contributed by atoms with Crippen molar-refractivity contribution in [1.29, 1.82) is 0 Å². The van der Waals surface area contributed by atoms with Crippen LogP contribution in [0.15, 0.2) is 24.3 Å². The van der Waals surface area contributed by atoms with Crippen molar-refractivity contribution in [2.45, 2.75) is 57.0 Å². The number of nitrogens with one attached hydrogen (secondary N) is 1. The minimum atomic E-state index is 0.160.